The Morgan fingerprint density at radius 3 is 2.40 bits per heavy atom. The summed E-state index contributed by atoms with van der Waals surface area (Å²) in [5.41, 5.74) is 2.84. The average molecular weight is 699 g/mol. The van der Waals surface area contributed by atoms with Gasteiger partial charge in [0, 0.05) is 48.2 Å². The number of carbonyl (C=O) groups is 1. The second kappa shape index (κ2) is 14.5. The lowest BCUT2D eigenvalue weighted by molar-refractivity contribution is -0.437. The number of terminal acetylenes is 1. The summed E-state index contributed by atoms with van der Waals surface area (Å²) < 4.78 is 36.5. The second-order valence-electron chi connectivity index (χ2n) is 14.2. The number of anilines is 1. The Morgan fingerprint density at radius 1 is 1.02 bits per heavy atom. The number of carbonyl (C=O) groups excluding carboxylic acids is 1. The molecule has 0 aromatic heterocycles. The van der Waals surface area contributed by atoms with Gasteiger partial charge in [0.25, 0.3) is 10.1 Å². The summed E-state index contributed by atoms with van der Waals surface area (Å²) in [6.45, 7) is 11.9. The number of fused-ring (bicyclic) bond motifs is 2. The van der Waals surface area contributed by atoms with Crippen LogP contribution in [0.4, 0.5) is 11.4 Å². The molecular weight excluding hydrogens is 651 g/mol. The van der Waals surface area contributed by atoms with Gasteiger partial charge in [0.05, 0.1) is 33.3 Å². The Bertz CT molecular complexity index is 2150. The minimum absolute atomic E-state index is 0.112. The van der Waals surface area contributed by atoms with Crippen LogP contribution in [0.5, 0.6) is 0 Å². The molecule has 1 amide bonds. The van der Waals surface area contributed by atoms with Gasteiger partial charge in [-0.25, -0.2) is 0 Å². The largest absolute Gasteiger partial charge is 0.364 e. The van der Waals surface area contributed by atoms with Crippen molar-refractivity contribution in [2.75, 3.05) is 24.5 Å². The summed E-state index contributed by atoms with van der Waals surface area (Å²) in [6.07, 6.45) is 13.5. The first kappa shape index (κ1) is 36.9. The maximum atomic E-state index is 13.9. The van der Waals surface area contributed by atoms with Crippen LogP contribution in [-0.2, 0) is 25.7 Å². The van der Waals surface area contributed by atoms with Gasteiger partial charge in [-0.05, 0) is 56.5 Å². The van der Waals surface area contributed by atoms with Gasteiger partial charge in [-0.2, -0.15) is 13.0 Å². The minimum atomic E-state index is -4.48. The van der Waals surface area contributed by atoms with E-state index in [0.717, 1.165) is 42.9 Å². The highest BCUT2D eigenvalue weighted by Crippen LogP contribution is 2.46. The summed E-state index contributed by atoms with van der Waals surface area (Å²) >= 11 is 0. The van der Waals surface area contributed by atoms with Crippen molar-refractivity contribution in [2.45, 2.75) is 101 Å². The highest BCUT2D eigenvalue weighted by Gasteiger charge is 2.48. The first-order valence-electron chi connectivity index (χ1n) is 17.6. The number of likely N-dealkylation sites (N-methyl/N-ethyl adjacent to an activating group) is 1. The molecule has 10 heteroatoms. The molecule has 0 bridgehead atoms. The summed E-state index contributed by atoms with van der Waals surface area (Å²) in [6, 6.07) is 12.6. The molecule has 0 saturated heterocycles. The zero-order valence-corrected chi connectivity index (χ0v) is 30.5. The third kappa shape index (κ3) is 6.73. The Kier molecular flexibility index (Phi) is 10.7. The van der Waals surface area contributed by atoms with E-state index in [1.165, 1.54) is 17.7 Å². The number of nitrogens with one attached hydrogen (secondary N) is 1. The highest BCUT2D eigenvalue weighted by atomic mass is 32.2. The third-order valence-electron chi connectivity index (χ3n) is 10.6. The summed E-state index contributed by atoms with van der Waals surface area (Å²) in [4.78, 5) is 41.9. The molecule has 50 heavy (non-hydrogen) atoms. The summed E-state index contributed by atoms with van der Waals surface area (Å²) in [5.74, 6) is 2.28. The van der Waals surface area contributed by atoms with E-state index in [4.69, 9.17) is 6.42 Å². The van der Waals surface area contributed by atoms with Crippen molar-refractivity contribution >= 4 is 45.3 Å². The Labute approximate surface area is 294 Å². The SMILES string of the molecule is C#CCNC(=O)CCCCCC1(C)C(C=c2c(=O)c(=CC3N(CC)c4ccccc4C3(C)C)c2=O)=[N+](CCCC)c2ccc(S(=O)(=O)O)cc21. The molecule has 3 aromatic carbocycles. The number of rotatable bonds is 14. The van der Waals surface area contributed by atoms with E-state index in [1.807, 2.05) is 25.1 Å². The normalized spacial score (nSPS) is 19.3. The Hall–Kier alpha value is -4.33. The van der Waals surface area contributed by atoms with Crippen molar-refractivity contribution in [1.29, 1.82) is 0 Å². The lowest BCUT2D eigenvalue weighted by Gasteiger charge is -2.31. The van der Waals surface area contributed by atoms with E-state index < -0.39 is 15.5 Å². The molecule has 2 unspecified atom stereocenters. The van der Waals surface area contributed by atoms with Crippen molar-refractivity contribution in [3.8, 4) is 12.3 Å². The van der Waals surface area contributed by atoms with E-state index in [0.29, 0.717) is 37.8 Å². The minimum Gasteiger partial charge on any atom is -0.364 e. The van der Waals surface area contributed by atoms with Crippen molar-refractivity contribution in [3.05, 3.63) is 84.5 Å². The van der Waals surface area contributed by atoms with Crippen molar-refractivity contribution in [3.63, 3.8) is 0 Å². The van der Waals surface area contributed by atoms with E-state index in [1.54, 1.807) is 12.1 Å². The van der Waals surface area contributed by atoms with Gasteiger partial charge in [-0.3, -0.25) is 18.9 Å². The fraction of sp³-hybridized carbons (Fsp3) is 0.450. The molecule has 9 nitrogen and oxygen atoms in total. The van der Waals surface area contributed by atoms with E-state index in [2.05, 4.69) is 60.5 Å². The molecule has 0 fully saturated rings. The van der Waals surface area contributed by atoms with E-state index >= 15 is 0 Å². The van der Waals surface area contributed by atoms with Crippen molar-refractivity contribution < 1.29 is 22.3 Å². The van der Waals surface area contributed by atoms with Gasteiger partial charge in [0.1, 0.15) is 6.54 Å². The van der Waals surface area contributed by atoms with Crippen LogP contribution in [0, 0.1) is 12.3 Å². The van der Waals surface area contributed by atoms with Crippen LogP contribution in [-0.4, -0.2) is 54.8 Å². The molecule has 0 spiro atoms. The maximum absolute atomic E-state index is 13.9. The van der Waals surface area contributed by atoms with Crippen LogP contribution in [0.2, 0.25) is 0 Å². The Balaban J connectivity index is 1.58. The van der Waals surface area contributed by atoms with Gasteiger partial charge in [-0.1, -0.05) is 64.2 Å². The summed E-state index contributed by atoms with van der Waals surface area (Å²) in [7, 11) is -4.48. The molecule has 2 aliphatic heterocycles. The predicted octanol–water partition coefficient (Wildman–Crippen LogP) is 3.83. The fourth-order valence-electron chi connectivity index (χ4n) is 7.80. The lowest BCUT2D eigenvalue weighted by atomic mass is 9.75. The first-order valence-corrected chi connectivity index (χ1v) is 19.0. The molecule has 264 valence electrons. The van der Waals surface area contributed by atoms with Gasteiger partial charge in [0.2, 0.25) is 22.5 Å². The van der Waals surface area contributed by atoms with Crippen molar-refractivity contribution in [1.82, 2.24) is 5.32 Å². The molecule has 5 rings (SSSR count). The third-order valence-corrected chi connectivity index (χ3v) is 11.5. The predicted molar refractivity (Wildman–Crippen MR) is 199 cm³/mol. The average Bonchev–Trinajstić information content (AvgIpc) is 3.45. The molecule has 0 saturated carbocycles. The number of hydrogen-bond acceptors (Lipinski definition) is 6. The zero-order valence-electron chi connectivity index (χ0n) is 29.7. The number of nitrogens with zero attached hydrogens (tertiary/aromatic N) is 2. The number of benzene rings is 2. The lowest BCUT2D eigenvalue weighted by Crippen LogP contribution is -2.66. The van der Waals surface area contributed by atoms with Crippen LogP contribution < -0.4 is 31.5 Å². The number of amides is 1. The van der Waals surface area contributed by atoms with E-state index in [-0.39, 0.29) is 50.1 Å². The highest BCUT2D eigenvalue weighted by molar-refractivity contribution is 7.85. The van der Waals surface area contributed by atoms with Crippen LogP contribution in [0.15, 0.2) is 56.9 Å². The zero-order chi connectivity index (χ0) is 36.4. The number of hydrogen-bond donors (Lipinski definition) is 2. The topological polar surface area (TPSA) is 124 Å². The molecule has 2 heterocycles. The quantitative estimate of drug-likeness (QED) is 0.114. The van der Waals surface area contributed by atoms with Gasteiger partial charge in [0.15, 0.2) is 5.71 Å². The fourth-order valence-corrected chi connectivity index (χ4v) is 8.31. The van der Waals surface area contributed by atoms with E-state index in [9.17, 15) is 27.4 Å². The smallest absolute Gasteiger partial charge is 0.294 e. The van der Waals surface area contributed by atoms with Gasteiger partial charge in [-0.15, -0.1) is 6.42 Å². The van der Waals surface area contributed by atoms with Crippen LogP contribution in [0.1, 0.15) is 90.7 Å². The molecule has 3 aromatic rings. The number of unbranched alkanes of at least 4 members (excludes halogenated alkanes) is 3. The Morgan fingerprint density at radius 2 is 1.74 bits per heavy atom. The molecule has 2 N–H and O–H groups in total. The van der Waals surface area contributed by atoms with Gasteiger partial charge < -0.3 is 10.2 Å². The molecule has 2 atom stereocenters. The standard InChI is InChI=1S/C40H47N3O6S/c1-7-10-23-43-33-20-19-27(50(47,48)49)24-31(33)40(6,21-15-11-12-18-36(44)41-22-8-2)35(43)26-29-37(45)28(38(29)46)25-34-39(4,5)30-16-13-14-17-32(30)42(34)9-3/h2,13-14,16-17,19-20,24-26,34H,7,9-12,15,18,21-23H2,1,3-6H3,(H-,41,44,47,48,49)/p+1. The maximum Gasteiger partial charge on any atom is 0.294 e. The van der Waals surface area contributed by atoms with Crippen LogP contribution in [0.25, 0.3) is 12.2 Å². The first-order chi connectivity index (χ1) is 23.7. The molecule has 0 aliphatic carbocycles. The molecule has 0 radical (unpaired) electrons. The molecular formula is C40H48N3O6S+. The summed E-state index contributed by atoms with van der Waals surface area (Å²) in [5, 5.41) is 2.98. The second-order valence-corrected chi connectivity index (χ2v) is 15.6. The number of para-hydroxylation sites is 1. The van der Waals surface area contributed by atoms with Crippen LogP contribution in [0.3, 0.4) is 0 Å². The van der Waals surface area contributed by atoms with Crippen molar-refractivity contribution in [2.24, 2.45) is 0 Å². The van der Waals surface area contributed by atoms with Gasteiger partial charge >= 0.3 is 0 Å². The monoisotopic (exact) mass is 698 g/mol. The molecule has 2 aliphatic rings. The van der Waals surface area contributed by atoms with Crippen LogP contribution >= 0.6 is 0 Å².